The minimum atomic E-state index is 0.305. The maximum Gasteiger partial charge on any atom is 0.130 e. The Bertz CT molecular complexity index is 361. The number of halogens is 1. The van der Waals surface area contributed by atoms with E-state index in [1.807, 2.05) is 6.07 Å². The number of nitrogens with zero attached hydrogens (tertiary/aromatic N) is 2. The van der Waals surface area contributed by atoms with Crippen molar-refractivity contribution in [3.63, 3.8) is 0 Å². The molecule has 17 heavy (non-hydrogen) atoms. The van der Waals surface area contributed by atoms with Crippen molar-refractivity contribution >= 4 is 21.7 Å². The van der Waals surface area contributed by atoms with Crippen molar-refractivity contribution in [3.05, 3.63) is 17.0 Å². The van der Waals surface area contributed by atoms with Crippen molar-refractivity contribution in [1.82, 2.24) is 9.97 Å². The van der Waals surface area contributed by atoms with Gasteiger partial charge in [-0.1, -0.05) is 12.8 Å². The number of aliphatic hydroxyl groups excluding tert-OH is 1. The number of rotatable bonds is 4. The predicted molar refractivity (Wildman–Crippen MR) is 70.8 cm³/mol. The molecule has 1 aromatic rings. The molecule has 1 aliphatic rings. The fourth-order valence-corrected chi connectivity index (χ4v) is 2.77. The van der Waals surface area contributed by atoms with Gasteiger partial charge in [-0.3, -0.25) is 0 Å². The van der Waals surface area contributed by atoms with Crippen molar-refractivity contribution in [2.45, 2.75) is 25.7 Å². The highest BCUT2D eigenvalue weighted by molar-refractivity contribution is 9.10. The summed E-state index contributed by atoms with van der Waals surface area (Å²) in [6, 6.07) is 1.87. The normalized spacial score (nSPS) is 24.6. The Morgan fingerprint density at radius 1 is 1.29 bits per heavy atom. The summed E-state index contributed by atoms with van der Waals surface area (Å²) in [6.07, 6.45) is 6.41. The Hall–Kier alpha value is -0.680. The highest BCUT2D eigenvalue weighted by Crippen LogP contribution is 2.29. The second-order valence-corrected chi connectivity index (χ2v) is 5.41. The molecule has 2 atom stereocenters. The lowest BCUT2D eigenvalue weighted by Gasteiger charge is -2.30. The van der Waals surface area contributed by atoms with Crippen LogP contribution in [0.25, 0.3) is 0 Å². The number of hydrogen-bond donors (Lipinski definition) is 2. The van der Waals surface area contributed by atoms with Crippen molar-refractivity contribution < 1.29 is 5.11 Å². The van der Waals surface area contributed by atoms with Crippen LogP contribution in [-0.2, 0) is 0 Å². The first-order chi connectivity index (χ1) is 8.29. The summed E-state index contributed by atoms with van der Waals surface area (Å²) in [5.41, 5.74) is 0. The van der Waals surface area contributed by atoms with Crippen LogP contribution in [0.1, 0.15) is 25.7 Å². The second kappa shape index (κ2) is 6.31. The fourth-order valence-electron chi connectivity index (χ4n) is 2.46. The summed E-state index contributed by atoms with van der Waals surface area (Å²) < 4.78 is 0.789. The Morgan fingerprint density at radius 2 is 2.06 bits per heavy atom. The van der Waals surface area contributed by atoms with Gasteiger partial charge in [-0.05, 0) is 40.6 Å². The first kappa shape index (κ1) is 12.8. The maximum absolute atomic E-state index is 9.34. The van der Waals surface area contributed by atoms with E-state index in [-0.39, 0.29) is 0 Å². The zero-order chi connectivity index (χ0) is 12.1. The average molecular weight is 300 g/mol. The van der Waals surface area contributed by atoms with E-state index in [9.17, 15) is 5.11 Å². The van der Waals surface area contributed by atoms with Gasteiger partial charge in [0.05, 0.1) is 0 Å². The minimum absolute atomic E-state index is 0.305. The fraction of sp³-hybridized carbons (Fsp3) is 0.667. The summed E-state index contributed by atoms with van der Waals surface area (Å²) in [6.45, 7) is 1.19. The average Bonchev–Trinajstić information content (AvgIpc) is 2.37. The van der Waals surface area contributed by atoms with Crippen LogP contribution < -0.4 is 5.32 Å². The first-order valence-electron chi connectivity index (χ1n) is 6.12. The standard InChI is InChI=1S/C12H18BrN3O/c13-11-5-12(16-8-15-11)14-6-9-3-1-2-4-10(9)7-17/h5,8-10,17H,1-4,6-7H2,(H,14,15,16). The summed E-state index contributed by atoms with van der Waals surface area (Å²) in [4.78, 5) is 8.15. The summed E-state index contributed by atoms with van der Waals surface area (Å²) in [5, 5.41) is 12.7. The number of hydrogen-bond acceptors (Lipinski definition) is 4. The molecule has 1 saturated carbocycles. The third-order valence-corrected chi connectivity index (χ3v) is 3.91. The molecular weight excluding hydrogens is 282 g/mol. The molecule has 0 spiro atoms. The Morgan fingerprint density at radius 3 is 2.76 bits per heavy atom. The largest absolute Gasteiger partial charge is 0.396 e. The molecule has 2 N–H and O–H groups in total. The van der Waals surface area contributed by atoms with Gasteiger partial charge in [0.2, 0.25) is 0 Å². The molecule has 1 heterocycles. The number of aliphatic hydroxyl groups is 1. The van der Waals surface area contributed by atoms with Gasteiger partial charge in [-0.15, -0.1) is 0 Å². The second-order valence-electron chi connectivity index (χ2n) is 4.59. The van der Waals surface area contributed by atoms with Gasteiger partial charge < -0.3 is 10.4 Å². The molecule has 1 aliphatic carbocycles. The van der Waals surface area contributed by atoms with Crippen LogP contribution in [0.5, 0.6) is 0 Å². The summed E-state index contributed by atoms with van der Waals surface area (Å²) in [7, 11) is 0. The van der Waals surface area contributed by atoms with E-state index in [1.54, 1.807) is 0 Å². The topological polar surface area (TPSA) is 58.0 Å². The quantitative estimate of drug-likeness (QED) is 0.839. The van der Waals surface area contributed by atoms with Crippen LogP contribution in [0.3, 0.4) is 0 Å². The Balaban J connectivity index is 1.88. The molecule has 0 aromatic carbocycles. The van der Waals surface area contributed by atoms with E-state index in [0.29, 0.717) is 18.4 Å². The molecule has 0 saturated heterocycles. The molecule has 0 aliphatic heterocycles. The minimum Gasteiger partial charge on any atom is -0.396 e. The van der Waals surface area contributed by atoms with E-state index in [1.165, 1.54) is 25.6 Å². The van der Waals surface area contributed by atoms with E-state index in [4.69, 9.17) is 0 Å². The molecule has 1 fully saturated rings. The third kappa shape index (κ3) is 3.64. The smallest absolute Gasteiger partial charge is 0.130 e. The van der Waals surface area contributed by atoms with Gasteiger partial charge >= 0.3 is 0 Å². The van der Waals surface area contributed by atoms with Gasteiger partial charge in [0.25, 0.3) is 0 Å². The van der Waals surface area contributed by atoms with Crippen molar-refractivity contribution in [3.8, 4) is 0 Å². The van der Waals surface area contributed by atoms with Crippen molar-refractivity contribution in [2.75, 3.05) is 18.5 Å². The predicted octanol–water partition coefficient (Wildman–Crippen LogP) is 2.45. The zero-order valence-electron chi connectivity index (χ0n) is 9.77. The molecular formula is C12H18BrN3O. The molecule has 2 unspecified atom stereocenters. The molecule has 1 aromatic heterocycles. The van der Waals surface area contributed by atoms with Crippen LogP contribution in [-0.4, -0.2) is 28.2 Å². The van der Waals surface area contributed by atoms with Crippen LogP contribution in [0, 0.1) is 11.8 Å². The summed E-state index contributed by atoms with van der Waals surface area (Å²) >= 11 is 3.32. The van der Waals surface area contributed by atoms with Crippen molar-refractivity contribution in [2.24, 2.45) is 11.8 Å². The lowest BCUT2D eigenvalue weighted by Crippen LogP contribution is -2.28. The third-order valence-electron chi connectivity index (χ3n) is 3.48. The highest BCUT2D eigenvalue weighted by Gasteiger charge is 2.24. The van der Waals surface area contributed by atoms with Crippen molar-refractivity contribution in [1.29, 1.82) is 0 Å². The zero-order valence-corrected chi connectivity index (χ0v) is 11.4. The number of aromatic nitrogens is 2. The van der Waals surface area contributed by atoms with Gasteiger partial charge in [0.1, 0.15) is 16.7 Å². The van der Waals surface area contributed by atoms with E-state index >= 15 is 0 Å². The molecule has 94 valence electrons. The highest BCUT2D eigenvalue weighted by atomic mass is 79.9. The van der Waals surface area contributed by atoms with E-state index < -0.39 is 0 Å². The monoisotopic (exact) mass is 299 g/mol. The lowest BCUT2D eigenvalue weighted by atomic mass is 9.79. The van der Waals surface area contributed by atoms with Crippen LogP contribution in [0.2, 0.25) is 0 Å². The summed E-state index contributed by atoms with van der Waals surface area (Å²) in [5.74, 6) is 1.85. The lowest BCUT2D eigenvalue weighted by molar-refractivity contribution is 0.141. The first-order valence-corrected chi connectivity index (χ1v) is 6.91. The molecule has 0 radical (unpaired) electrons. The Labute approximate surface area is 110 Å². The van der Waals surface area contributed by atoms with Gasteiger partial charge in [-0.25, -0.2) is 9.97 Å². The molecule has 4 nitrogen and oxygen atoms in total. The van der Waals surface area contributed by atoms with Gasteiger partial charge in [-0.2, -0.15) is 0 Å². The SMILES string of the molecule is OCC1CCCCC1CNc1cc(Br)ncn1. The van der Waals surface area contributed by atoms with Crippen LogP contribution in [0.4, 0.5) is 5.82 Å². The molecule has 0 amide bonds. The van der Waals surface area contributed by atoms with E-state index in [2.05, 4.69) is 31.2 Å². The maximum atomic E-state index is 9.34. The Kier molecular flexibility index (Phi) is 4.74. The molecule has 5 heteroatoms. The molecule has 2 rings (SSSR count). The van der Waals surface area contributed by atoms with Crippen LogP contribution >= 0.6 is 15.9 Å². The van der Waals surface area contributed by atoms with Crippen LogP contribution in [0.15, 0.2) is 17.0 Å². The number of nitrogens with one attached hydrogen (secondary N) is 1. The van der Waals surface area contributed by atoms with Gasteiger partial charge in [0.15, 0.2) is 0 Å². The molecule has 0 bridgehead atoms. The van der Waals surface area contributed by atoms with E-state index in [0.717, 1.165) is 23.4 Å². The number of anilines is 1. The van der Waals surface area contributed by atoms with Gasteiger partial charge in [0, 0.05) is 19.2 Å².